The van der Waals surface area contributed by atoms with Crippen LogP contribution in [0.5, 0.6) is 0 Å². The SMILES string of the molecule is O=C(O)CCNC(=O)c1ccc(C(=O)C(=CC(=O)c2ccc(SC(F)(F)F)cc2)c2ccc(C3CCCCC3)cc2)cc1. The number of carboxylic acids is 1. The highest BCUT2D eigenvalue weighted by atomic mass is 32.2. The summed E-state index contributed by atoms with van der Waals surface area (Å²) in [6, 6.07) is 18.3. The zero-order chi connectivity index (χ0) is 31.0. The molecule has 0 bridgehead atoms. The molecule has 4 rings (SSSR count). The maximum Gasteiger partial charge on any atom is 0.446 e. The van der Waals surface area contributed by atoms with Gasteiger partial charge in [-0.05, 0) is 84.1 Å². The molecule has 0 spiro atoms. The summed E-state index contributed by atoms with van der Waals surface area (Å²) in [7, 11) is 0. The molecule has 0 aromatic heterocycles. The van der Waals surface area contributed by atoms with Gasteiger partial charge in [-0.15, -0.1) is 0 Å². The molecular weight excluding hydrogens is 579 g/mol. The van der Waals surface area contributed by atoms with Crippen LogP contribution in [0.1, 0.15) is 86.6 Å². The van der Waals surface area contributed by atoms with Crippen molar-refractivity contribution in [3.8, 4) is 0 Å². The fourth-order valence-corrected chi connectivity index (χ4v) is 5.54. The van der Waals surface area contributed by atoms with E-state index in [1.54, 1.807) is 12.1 Å². The lowest BCUT2D eigenvalue weighted by atomic mass is 9.83. The number of thioether (sulfide) groups is 1. The molecule has 3 aromatic rings. The lowest BCUT2D eigenvalue weighted by molar-refractivity contribution is -0.136. The fraction of sp³-hybridized carbons (Fsp3) is 0.273. The van der Waals surface area contributed by atoms with E-state index in [9.17, 15) is 32.3 Å². The number of ketones is 2. The summed E-state index contributed by atoms with van der Waals surface area (Å²) in [5.74, 6) is -2.11. The lowest BCUT2D eigenvalue weighted by Gasteiger charge is -2.22. The van der Waals surface area contributed by atoms with Gasteiger partial charge in [0.2, 0.25) is 0 Å². The molecule has 2 N–H and O–H groups in total. The molecule has 1 aliphatic carbocycles. The highest BCUT2D eigenvalue weighted by Crippen LogP contribution is 2.37. The lowest BCUT2D eigenvalue weighted by Crippen LogP contribution is -2.26. The maximum absolute atomic E-state index is 13.7. The number of Topliss-reactive ketones (excluding diaryl/α,β-unsaturated/α-hetero) is 1. The van der Waals surface area contributed by atoms with E-state index in [1.807, 2.05) is 12.1 Å². The number of benzene rings is 3. The zero-order valence-electron chi connectivity index (χ0n) is 23.2. The monoisotopic (exact) mass is 609 g/mol. The van der Waals surface area contributed by atoms with Crippen molar-refractivity contribution in [2.24, 2.45) is 0 Å². The number of hydrogen-bond donors (Lipinski definition) is 2. The summed E-state index contributed by atoms with van der Waals surface area (Å²) in [5, 5.41) is 11.2. The predicted octanol–water partition coefficient (Wildman–Crippen LogP) is 7.70. The number of carbonyl (C=O) groups excluding carboxylic acids is 3. The number of aliphatic carboxylic acids is 1. The van der Waals surface area contributed by atoms with E-state index < -0.39 is 29.0 Å². The molecule has 0 unspecified atom stereocenters. The van der Waals surface area contributed by atoms with Gasteiger partial charge in [-0.25, -0.2) is 0 Å². The highest BCUT2D eigenvalue weighted by Gasteiger charge is 2.29. The first-order valence-corrected chi connectivity index (χ1v) is 14.7. The molecule has 0 atom stereocenters. The Bertz CT molecular complexity index is 1490. The van der Waals surface area contributed by atoms with Gasteiger partial charge in [0.25, 0.3) is 5.91 Å². The van der Waals surface area contributed by atoms with E-state index in [1.165, 1.54) is 73.9 Å². The van der Waals surface area contributed by atoms with Gasteiger partial charge in [0, 0.05) is 33.7 Å². The molecule has 3 aromatic carbocycles. The molecule has 0 saturated heterocycles. The second kappa shape index (κ2) is 14.3. The summed E-state index contributed by atoms with van der Waals surface area (Å²) in [6.07, 6.45) is 6.70. The number of carboxylic acid groups (broad SMARTS) is 1. The van der Waals surface area contributed by atoms with Gasteiger partial charge in [0.05, 0.1) is 6.42 Å². The molecule has 0 heterocycles. The van der Waals surface area contributed by atoms with Crippen molar-refractivity contribution in [1.82, 2.24) is 5.32 Å². The first kappa shape index (κ1) is 31.7. The van der Waals surface area contributed by atoms with Gasteiger partial charge in [-0.2, -0.15) is 13.2 Å². The van der Waals surface area contributed by atoms with E-state index in [0.29, 0.717) is 11.5 Å². The molecule has 1 aliphatic rings. The van der Waals surface area contributed by atoms with Gasteiger partial charge in [0.1, 0.15) is 0 Å². The van der Waals surface area contributed by atoms with E-state index in [0.717, 1.165) is 18.4 Å². The van der Waals surface area contributed by atoms with Gasteiger partial charge in [-0.3, -0.25) is 19.2 Å². The van der Waals surface area contributed by atoms with Crippen LogP contribution in [0.15, 0.2) is 83.8 Å². The highest BCUT2D eigenvalue weighted by molar-refractivity contribution is 8.00. The van der Waals surface area contributed by atoms with Crippen molar-refractivity contribution in [3.63, 3.8) is 0 Å². The molecule has 0 aliphatic heterocycles. The fourth-order valence-electron chi connectivity index (χ4n) is 5.00. The van der Waals surface area contributed by atoms with Crippen molar-refractivity contribution in [1.29, 1.82) is 0 Å². The summed E-state index contributed by atoms with van der Waals surface area (Å²) in [6.45, 7) is -0.0451. The van der Waals surface area contributed by atoms with Crippen molar-refractivity contribution in [2.75, 3.05) is 6.54 Å². The molecule has 224 valence electrons. The quantitative estimate of drug-likeness (QED) is 0.131. The van der Waals surface area contributed by atoms with E-state index >= 15 is 0 Å². The Kier molecular flexibility index (Phi) is 10.6. The van der Waals surface area contributed by atoms with Crippen LogP contribution in [-0.4, -0.2) is 40.6 Å². The van der Waals surface area contributed by atoms with Crippen LogP contribution < -0.4 is 5.32 Å². The molecular formula is C33H30F3NO5S. The number of nitrogens with one attached hydrogen (secondary N) is 1. The number of hydrogen-bond acceptors (Lipinski definition) is 5. The van der Waals surface area contributed by atoms with Gasteiger partial charge in [0.15, 0.2) is 11.6 Å². The minimum absolute atomic E-state index is 0.0451. The second-order valence-corrected chi connectivity index (χ2v) is 11.4. The number of alkyl halides is 3. The molecule has 10 heteroatoms. The van der Waals surface area contributed by atoms with E-state index in [-0.39, 0.29) is 51.9 Å². The largest absolute Gasteiger partial charge is 0.481 e. The summed E-state index contributed by atoms with van der Waals surface area (Å²) in [5.41, 5.74) is -2.10. The average molecular weight is 610 g/mol. The Hall–Kier alpha value is -4.18. The van der Waals surface area contributed by atoms with Crippen molar-refractivity contribution >= 4 is 40.8 Å². The normalized spacial score (nSPS) is 14.3. The van der Waals surface area contributed by atoms with Crippen LogP contribution in [0.4, 0.5) is 13.2 Å². The van der Waals surface area contributed by atoms with Gasteiger partial charge in [-0.1, -0.05) is 55.7 Å². The Morgan fingerprint density at radius 3 is 1.93 bits per heavy atom. The van der Waals surface area contributed by atoms with Crippen LogP contribution in [0, 0.1) is 0 Å². The van der Waals surface area contributed by atoms with Crippen LogP contribution in [-0.2, 0) is 4.79 Å². The molecule has 1 saturated carbocycles. The van der Waals surface area contributed by atoms with Crippen molar-refractivity contribution < 1.29 is 37.5 Å². The maximum atomic E-state index is 13.7. The van der Waals surface area contributed by atoms with E-state index in [2.05, 4.69) is 5.32 Å². The first-order chi connectivity index (χ1) is 20.5. The number of halogens is 3. The minimum atomic E-state index is -4.45. The predicted molar refractivity (Wildman–Crippen MR) is 158 cm³/mol. The average Bonchev–Trinajstić information content (AvgIpc) is 2.99. The molecule has 6 nitrogen and oxygen atoms in total. The number of rotatable bonds is 11. The third-order valence-electron chi connectivity index (χ3n) is 7.22. The van der Waals surface area contributed by atoms with E-state index in [4.69, 9.17) is 5.11 Å². The van der Waals surface area contributed by atoms with Crippen molar-refractivity contribution in [2.45, 2.75) is 54.8 Å². The number of carbonyl (C=O) groups is 4. The molecule has 1 amide bonds. The van der Waals surface area contributed by atoms with Crippen LogP contribution in [0.3, 0.4) is 0 Å². The van der Waals surface area contributed by atoms with Gasteiger partial charge >= 0.3 is 11.5 Å². The number of allylic oxidation sites excluding steroid dienone is 2. The van der Waals surface area contributed by atoms with Crippen LogP contribution in [0.2, 0.25) is 0 Å². The molecule has 43 heavy (non-hydrogen) atoms. The third kappa shape index (κ3) is 9.15. The molecule has 0 radical (unpaired) electrons. The Morgan fingerprint density at radius 2 is 1.35 bits per heavy atom. The topological polar surface area (TPSA) is 101 Å². The zero-order valence-corrected chi connectivity index (χ0v) is 24.0. The first-order valence-electron chi connectivity index (χ1n) is 13.9. The van der Waals surface area contributed by atoms with Gasteiger partial charge < -0.3 is 10.4 Å². The smallest absolute Gasteiger partial charge is 0.446 e. The minimum Gasteiger partial charge on any atom is -0.481 e. The Labute approximate surface area is 251 Å². The summed E-state index contributed by atoms with van der Waals surface area (Å²) < 4.78 is 38.1. The third-order valence-corrected chi connectivity index (χ3v) is 7.96. The molecule has 1 fully saturated rings. The Balaban J connectivity index is 1.61. The Morgan fingerprint density at radius 1 is 0.791 bits per heavy atom. The van der Waals surface area contributed by atoms with Crippen LogP contribution in [0.25, 0.3) is 5.57 Å². The summed E-state index contributed by atoms with van der Waals surface area (Å²) in [4.78, 5) is 49.9. The van der Waals surface area contributed by atoms with Crippen molar-refractivity contribution in [3.05, 3.63) is 107 Å². The van der Waals surface area contributed by atoms with Crippen LogP contribution >= 0.6 is 11.8 Å². The standard InChI is InChI=1S/C33H30F3NO5S/c34-33(35,36)43-27-16-14-24(15-17-27)29(38)20-28(23-8-6-22(7-9-23)21-4-2-1-3-5-21)31(41)25-10-12-26(13-11-25)32(42)37-19-18-30(39)40/h6-17,20-21H,1-5,18-19H2,(H,37,42)(H,39,40). The summed E-state index contributed by atoms with van der Waals surface area (Å²) >= 11 is -0.280. The number of amides is 1. The second-order valence-electron chi connectivity index (χ2n) is 10.3.